The van der Waals surface area contributed by atoms with Crippen LogP contribution in [0.5, 0.6) is 0 Å². The quantitative estimate of drug-likeness (QED) is 0.0261. The van der Waals surface area contributed by atoms with Gasteiger partial charge in [-0.1, -0.05) is 292 Å². The van der Waals surface area contributed by atoms with Crippen LogP contribution in [0.3, 0.4) is 0 Å². The first kappa shape index (κ1) is 74.6. The standard InChI is InChI=1S/C72H126O6/c1-4-7-10-13-16-19-22-24-26-28-30-32-34-35-36-37-39-40-42-44-46-48-50-53-56-59-62-65-71(74)77-68-69(67-76-70(73)64-61-58-55-52-21-18-15-12-9-6-3)78-72(75)66-63-60-57-54-51-49-47-45-43-41-38-33-31-29-27-25-23-20-17-14-11-8-5-2/h8,11-12,15,17,20,25,27-28,30-31,33,41,43,69H,4-7,9-10,13-14,16,18-19,21-24,26,29,32,34-40,42,44-68H2,1-3H3/b11-8-,15-12-,20-17-,27-25-,30-28-,33-31-,43-41-. The van der Waals surface area contributed by atoms with Gasteiger partial charge >= 0.3 is 17.9 Å². The molecule has 0 aromatic carbocycles. The fraction of sp³-hybridized carbons (Fsp3) is 0.764. The highest BCUT2D eigenvalue weighted by atomic mass is 16.6. The monoisotopic (exact) mass is 1090 g/mol. The van der Waals surface area contributed by atoms with E-state index in [4.69, 9.17) is 14.2 Å². The van der Waals surface area contributed by atoms with E-state index in [2.05, 4.69) is 106 Å². The number of hydrogen-bond donors (Lipinski definition) is 0. The molecule has 0 heterocycles. The van der Waals surface area contributed by atoms with Crippen LogP contribution in [0, 0.1) is 0 Å². The van der Waals surface area contributed by atoms with Gasteiger partial charge in [-0.3, -0.25) is 14.4 Å². The van der Waals surface area contributed by atoms with Crippen molar-refractivity contribution in [3.05, 3.63) is 85.1 Å². The summed E-state index contributed by atoms with van der Waals surface area (Å²) in [6, 6.07) is 0. The topological polar surface area (TPSA) is 78.9 Å². The second kappa shape index (κ2) is 66.1. The molecule has 0 radical (unpaired) electrons. The Balaban J connectivity index is 4.21. The molecule has 0 aliphatic heterocycles. The summed E-state index contributed by atoms with van der Waals surface area (Å²) in [4.78, 5) is 38.3. The van der Waals surface area contributed by atoms with Crippen LogP contribution in [0.4, 0.5) is 0 Å². The van der Waals surface area contributed by atoms with Gasteiger partial charge in [0, 0.05) is 19.3 Å². The van der Waals surface area contributed by atoms with E-state index in [1.165, 1.54) is 186 Å². The summed E-state index contributed by atoms with van der Waals surface area (Å²) in [5.74, 6) is -0.892. The molecule has 0 saturated carbocycles. The van der Waals surface area contributed by atoms with Gasteiger partial charge in [-0.15, -0.1) is 0 Å². The molecule has 0 aliphatic carbocycles. The molecular weight excluding hydrogens is 961 g/mol. The molecule has 0 rings (SSSR count). The summed E-state index contributed by atoms with van der Waals surface area (Å²) in [6.07, 6.45) is 87.6. The van der Waals surface area contributed by atoms with E-state index in [-0.39, 0.29) is 31.1 Å². The molecule has 0 N–H and O–H groups in total. The number of rotatable bonds is 61. The van der Waals surface area contributed by atoms with Crippen LogP contribution < -0.4 is 0 Å². The van der Waals surface area contributed by atoms with E-state index in [0.29, 0.717) is 19.3 Å². The summed E-state index contributed by atoms with van der Waals surface area (Å²) in [5.41, 5.74) is 0. The van der Waals surface area contributed by atoms with Crippen LogP contribution in [0.2, 0.25) is 0 Å². The van der Waals surface area contributed by atoms with Crippen LogP contribution in [0.1, 0.15) is 335 Å². The Bertz CT molecular complexity index is 1480. The molecule has 0 aromatic rings. The molecule has 0 spiro atoms. The van der Waals surface area contributed by atoms with E-state index >= 15 is 0 Å². The van der Waals surface area contributed by atoms with Crippen LogP contribution in [0.25, 0.3) is 0 Å². The highest BCUT2D eigenvalue weighted by Gasteiger charge is 2.19. The van der Waals surface area contributed by atoms with E-state index in [0.717, 1.165) is 109 Å². The SMILES string of the molecule is CC/C=C\C/C=C\C/C=C\C/C=C\C/C=C\CCCCCCCCCC(=O)OC(COC(=O)CCCCCCC/C=C\CCC)COC(=O)CCCCCCCCCCCCCCCCC/C=C\CCCCCCCCCC. The molecular formula is C72H126O6. The molecule has 6 heteroatoms. The van der Waals surface area contributed by atoms with Crippen LogP contribution in [-0.2, 0) is 28.6 Å². The first-order valence-electron chi connectivity index (χ1n) is 33.6. The van der Waals surface area contributed by atoms with Crippen molar-refractivity contribution >= 4 is 17.9 Å². The number of hydrogen-bond acceptors (Lipinski definition) is 6. The minimum Gasteiger partial charge on any atom is -0.462 e. The zero-order valence-electron chi connectivity index (χ0n) is 51.7. The molecule has 0 saturated heterocycles. The lowest BCUT2D eigenvalue weighted by Gasteiger charge is -2.18. The van der Waals surface area contributed by atoms with Crippen molar-refractivity contribution in [2.24, 2.45) is 0 Å². The summed E-state index contributed by atoms with van der Waals surface area (Å²) in [6.45, 7) is 6.48. The maximum absolute atomic E-state index is 12.9. The third-order valence-electron chi connectivity index (χ3n) is 14.6. The molecule has 0 bridgehead atoms. The van der Waals surface area contributed by atoms with Crippen molar-refractivity contribution in [3.63, 3.8) is 0 Å². The smallest absolute Gasteiger partial charge is 0.306 e. The molecule has 1 unspecified atom stereocenters. The predicted molar refractivity (Wildman–Crippen MR) is 339 cm³/mol. The number of unbranched alkanes of at least 4 members (excludes halogenated alkanes) is 36. The normalized spacial score (nSPS) is 12.6. The van der Waals surface area contributed by atoms with Gasteiger partial charge < -0.3 is 14.2 Å². The van der Waals surface area contributed by atoms with Crippen molar-refractivity contribution < 1.29 is 28.6 Å². The van der Waals surface area contributed by atoms with E-state index < -0.39 is 6.10 Å². The molecule has 0 fully saturated rings. The van der Waals surface area contributed by atoms with Crippen molar-refractivity contribution in [2.45, 2.75) is 341 Å². The van der Waals surface area contributed by atoms with Gasteiger partial charge in [0.05, 0.1) is 0 Å². The average Bonchev–Trinajstić information content (AvgIpc) is 3.44. The summed E-state index contributed by atoms with van der Waals surface area (Å²) in [5, 5.41) is 0. The Labute approximate surface area is 484 Å². The van der Waals surface area contributed by atoms with Crippen LogP contribution >= 0.6 is 0 Å². The van der Waals surface area contributed by atoms with Crippen molar-refractivity contribution in [1.29, 1.82) is 0 Å². The van der Waals surface area contributed by atoms with Gasteiger partial charge in [0.2, 0.25) is 0 Å². The Kier molecular flexibility index (Phi) is 63.2. The van der Waals surface area contributed by atoms with Crippen LogP contribution in [0.15, 0.2) is 85.1 Å². The number of carbonyl (C=O) groups excluding carboxylic acids is 3. The number of allylic oxidation sites excluding steroid dienone is 14. The minimum absolute atomic E-state index is 0.0818. The Morgan fingerprint density at radius 1 is 0.269 bits per heavy atom. The first-order valence-corrected chi connectivity index (χ1v) is 33.6. The lowest BCUT2D eigenvalue weighted by atomic mass is 10.0. The molecule has 6 nitrogen and oxygen atoms in total. The molecule has 0 amide bonds. The molecule has 1 atom stereocenters. The largest absolute Gasteiger partial charge is 0.462 e. The summed E-state index contributed by atoms with van der Waals surface area (Å²) >= 11 is 0. The number of ether oxygens (including phenoxy) is 3. The Morgan fingerprint density at radius 2 is 0.526 bits per heavy atom. The number of esters is 3. The van der Waals surface area contributed by atoms with E-state index in [1.807, 2.05) is 0 Å². The van der Waals surface area contributed by atoms with Gasteiger partial charge in [0.25, 0.3) is 0 Å². The Hall–Kier alpha value is -3.41. The molecule has 0 aromatic heterocycles. The van der Waals surface area contributed by atoms with Gasteiger partial charge in [-0.2, -0.15) is 0 Å². The molecule has 78 heavy (non-hydrogen) atoms. The summed E-state index contributed by atoms with van der Waals surface area (Å²) in [7, 11) is 0. The third kappa shape index (κ3) is 63.4. The first-order chi connectivity index (χ1) is 38.5. The highest BCUT2D eigenvalue weighted by molar-refractivity contribution is 5.71. The van der Waals surface area contributed by atoms with Crippen molar-refractivity contribution in [3.8, 4) is 0 Å². The average molecular weight is 1090 g/mol. The fourth-order valence-electron chi connectivity index (χ4n) is 9.59. The zero-order valence-corrected chi connectivity index (χ0v) is 51.7. The molecule has 0 aliphatic rings. The van der Waals surface area contributed by atoms with Crippen molar-refractivity contribution in [2.75, 3.05) is 13.2 Å². The van der Waals surface area contributed by atoms with Gasteiger partial charge in [-0.25, -0.2) is 0 Å². The van der Waals surface area contributed by atoms with E-state index in [9.17, 15) is 14.4 Å². The minimum atomic E-state index is -0.786. The third-order valence-corrected chi connectivity index (χ3v) is 14.6. The second-order valence-corrected chi connectivity index (χ2v) is 22.3. The highest BCUT2D eigenvalue weighted by Crippen LogP contribution is 2.17. The lowest BCUT2D eigenvalue weighted by molar-refractivity contribution is -0.167. The zero-order chi connectivity index (χ0) is 56.4. The van der Waals surface area contributed by atoms with E-state index in [1.54, 1.807) is 0 Å². The maximum Gasteiger partial charge on any atom is 0.306 e. The van der Waals surface area contributed by atoms with Crippen molar-refractivity contribution in [1.82, 2.24) is 0 Å². The maximum atomic E-state index is 12.9. The second-order valence-electron chi connectivity index (χ2n) is 22.3. The van der Waals surface area contributed by atoms with Gasteiger partial charge in [0.1, 0.15) is 13.2 Å². The van der Waals surface area contributed by atoms with Crippen LogP contribution in [-0.4, -0.2) is 37.2 Å². The van der Waals surface area contributed by atoms with Gasteiger partial charge in [0.15, 0.2) is 6.10 Å². The number of carbonyl (C=O) groups is 3. The molecule has 450 valence electrons. The Morgan fingerprint density at radius 3 is 0.846 bits per heavy atom. The summed E-state index contributed by atoms with van der Waals surface area (Å²) < 4.78 is 16.9. The fourth-order valence-corrected chi connectivity index (χ4v) is 9.59. The van der Waals surface area contributed by atoms with Gasteiger partial charge in [-0.05, 0) is 109 Å². The predicted octanol–water partition coefficient (Wildman–Crippen LogP) is 23.1. The lowest BCUT2D eigenvalue weighted by Crippen LogP contribution is -2.30.